The molecular formula is C7H2ClF2O2-. The SMILES string of the molecule is O=C([O-])c1c(F)ccc(Cl)c1F. The Kier molecular flexibility index (Phi) is 2.28. The molecular weight excluding hydrogens is 190 g/mol. The highest BCUT2D eigenvalue weighted by Gasteiger charge is 2.12. The minimum atomic E-state index is -1.92. The summed E-state index contributed by atoms with van der Waals surface area (Å²) < 4.78 is 25.3. The second-order valence-corrected chi connectivity index (χ2v) is 2.41. The summed E-state index contributed by atoms with van der Waals surface area (Å²) in [5.41, 5.74) is -1.14. The normalized spacial score (nSPS) is 9.92. The zero-order valence-corrected chi connectivity index (χ0v) is 6.36. The van der Waals surface area contributed by atoms with Gasteiger partial charge in [-0.25, -0.2) is 8.78 Å². The van der Waals surface area contributed by atoms with E-state index in [2.05, 4.69) is 0 Å². The van der Waals surface area contributed by atoms with Crippen molar-refractivity contribution in [1.29, 1.82) is 0 Å². The molecule has 1 aromatic carbocycles. The van der Waals surface area contributed by atoms with Crippen molar-refractivity contribution in [3.8, 4) is 0 Å². The van der Waals surface area contributed by atoms with E-state index in [1.807, 2.05) is 0 Å². The summed E-state index contributed by atoms with van der Waals surface area (Å²) in [6, 6.07) is 1.69. The van der Waals surface area contributed by atoms with Crippen LogP contribution in [-0.4, -0.2) is 5.97 Å². The quantitative estimate of drug-likeness (QED) is 0.621. The molecule has 0 spiro atoms. The molecule has 1 rings (SSSR count). The van der Waals surface area contributed by atoms with Crippen molar-refractivity contribution in [2.45, 2.75) is 0 Å². The van der Waals surface area contributed by atoms with E-state index in [0.29, 0.717) is 0 Å². The molecule has 0 heterocycles. The first-order chi connectivity index (χ1) is 5.54. The average molecular weight is 192 g/mol. The molecule has 0 aromatic heterocycles. The van der Waals surface area contributed by atoms with Gasteiger partial charge in [-0.2, -0.15) is 0 Å². The van der Waals surface area contributed by atoms with E-state index in [-0.39, 0.29) is 0 Å². The van der Waals surface area contributed by atoms with Crippen molar-refractivity contribution in [3.63, 3.8) is 0 Å². The molecule has 0 atom stereocenters. The maximum atomic E-state index is 12.7. The average Bonchev–Trinajstić information content (AvgIpc) is 1.97. The summed E-state index contributed by atoms with van der Waals surface area (Å²) >= 11 is 5.20. The van der Waals surface area contributed by atoms with Crippen LogP contribution in [-0.2, 0) is 0 Å². The lowest BCUT2D eigenvalue weighted by Gasteiger charge is -2.05. The molecule has 0 aliphatic rings. The summed E-state index contributed by atoms with van der Waals surface area (Å²) in [5, 5.41) is 9.70. The molecule has 0 fully saturated rings. The molecule has 0 radical (unpaired) electrons. The number of aromatic carboxylic acids is 1. The number of halogens is 3. The number of carbonyl (C=O) groups is 1. The van der Waals surface area contributed by atoms with Crippen molar-refractivity contribution >= 4 is 17.6 Å². The highest BCUT2D eigenvalue weighted by atomic mass is 35.5. The van der Waals surface area contributed by atoms with Crippen LogP contribution in [0, 0.1) is 11.6 Å². The third-order valence-corrected chi connectivity index (χ3v) is 1.54. The fourth-order valence-electron chi connectivity index (χ4n) is 0.714. The van der Waals surface area contributed by atoms with Crippen molar-refractivity contribution < 1.29 is 18.7 Å². The van der Waals surface area contributed by atoms with Gasteiger partial charge in [0.2, 0.25) is 0 Å². The van der Waals surface area contributed by atoms with E-state index < -0.39 is 28.2 Å². The van der Waals surface area contributed by atoms with Gasteiger partial charge in [-0.05, 0) is 12.1 Å². The molecule has 0 saturated carbocycles. The molecule has 0 bridgehead atoms. The van der Waals surface area contributed by atoms with Crippen molar-refractivity contribution in [3.05, 3.63) is 34.4 Å². The van der Waals surface area contributed by atoms with Crippen LogP contribution in [0.2, 0.25) is 5.02 Å². The van der Waals surface area contributed by atoms with E-state index in [9.17, 15) is 18.7 Å². The highest BCUT2D eigenvalue weighted by molar-refractivity contribution is 6.31. The number of hydrogen-bond donors (Lipinski definition) is 0. The van der Waals surface area contributed by atoms with Crippen LogP contribution in [0.5, 0.6) is 0 Å². The third kappa shape index (κ3) is 1.38. The first-order valence-corrected chi connectivity index (χ1v) is 3.26. The topological polar surface area (TPSA) is 40.1 Å². The van der Waals surface area contributed by atoms with E-state index >= 15 is 0 Å². The minimum absolute atomic E-state index is 0.449. The molecule has 1 aromatic rings. The predicted octanol–water partition coefficient (Wildman–Crippen LogP) is 0.982. The summed E-state index contributed by atoms with van der Waals surface area (Å²) in [6.07, 6.45) is 0. The lowest BCUT2D eigenvalue weighted by Crippen LogP contribution is -2.25. The molecule has 0 saturated heterocycles. The molecule has 0 aliphatic carbocycles. The Morgan fingerprint density at radius 3 is 2.42 bits per heavy atom. The summed E-state index contributed by atoms with van der Waals surface area (Å²) in [7, 11) is 0. The molecule has 5 heteroatoms. The van der Waals surface area contributed by atoms with Gasteiger partial charge >= 0.3 is 0 Å². The number of carbonyl (C=O) groups excluding carboxylic acids is 1. The predicted molar refractivity (Wildman–Crippen MR) is 35.7 cm³/mol. The van der Waals surface area contributed by atoms with E-state index in [0.717, 1.165) is 12.1 Å². The van der Waals surface area contributed by atoms with Gasteiger partial charge in [0.1, 0.15) is 5.82 Å². The lowest BCUT2D eigenvalue weighted by atomic mass is 10.2. The van der Waals surface area contributed by atoms with Gasteiger partial charge in [-0.15, -0.1) is 0 Å². The second kappa shape index (κ2) is 3.06. The van der Waals surface area contributed by atoms with Crippen LogP contribution < -0.4 is 5.11 Å². The standard InChI is InChI=1S/C7H3ClF2O2/c8-3-1-2-4(9)5(6(3)10)7(11)12/h1-2H,(H,11,12)/p-1. The van der Waals surface area contributed by atoms with Gasteiger partial charge in [-0.1, -0.05) is 11.6 Å². The highest BCUT2D eigenvalue weighted by Crippen LogP contribution is 2.20. The molecule has 0 N–H and O–H groups in total. The fourth-order valence-corrected chi connectivity index (χ4v) is 0.872. The van der Waals surface area contributed by atoms with Gasteiger partial charge in [0, 0.05) is 0 Å². The third-order valence-electron chi connectivity index (χ3n) is 1.25. The summed E-state index contributed by atoms with van der Waals surface area (Å²) in [4.78, 5) is 10.1. The van der Waals surface area contributed by atoms with Crippen LogP contribution in [0.1, 0.15) is 10.4 Å². The Morgan fingerprint density at radius 1 is 1.42 bits per heavy atom. The van der Waals surface area contributed by atoms with Crippen LogP contribution >= 0.6 is 11.6 Å². The van der Waals surface area contributed by atoms with Gasteiger partial charge in [-0.3, -0.25) is 0 Å². The zero-order valence-electron chi connectivity index (χ0n) is 5.61. The Balaban J connectivity index is 3.43. The van der Waals surface area contributed by atoms with Gasteiger partial charge in [0.25, 0.3) is 0 Å². The molecule has 0 aliphatic heterocycles. The van der Waals surface area contributed by atoms with Crippen LogP contribution in [0.25, 0.3) is 0 Å². The largest absolute Gasteiger partial charge is 0.545 e. The molecule has 2 nitrogen and oxygen atoms in total. The van der Waals surface area contributed by atoms with Crippen molar-refractivity contribution in [2.75, 3.05) is 0 Å². The van der Waals surface area contributed by atoms with Crippen LogP contribution in [0.4, 0.5) is 8.78 Å². The Bertz CT molecular complexity index is 338. The van der Waals surface area contributed by atoms with Crippen molar-refractivity contribution in [2.24, 2.45) is 0 Å². The Labute approximate surface area is 71.4 Å². The van der Waals surface area contributed by atoms with E-state index in [4.69, 9.17) is 11.6 Å². The molecule has 0 amide bonds. The molecule has 12 heavy (non-hydrogen) atoms. The Hall–Kier alpha value is -1.16. The number of benzene rings is 1. The zero-order chi connectivity index (χ0) is 9.30. The van der Waals surface area contributed by atoms with Gasteiger partial charge in [0.15, 0.2) is 5.82 Å². The number of hydrogen-bond acceptors (Lipinski definition) is 2. The van der Waals surface area contributed by atoms with Gasteiger partial charge in [0.05, 0.1) is 16.6 Å². The van der Waals surface area contributed by atoms with Gasteiger partial charge < -0.3 is 9.90 Å². The smallest absolute Gasteiger partial charge is 0.153 e. The minimum Gasteiger partial charge on any atom is -0.545 e. The van der Waals surface area contributed by atoms with Crippen LogP contribution in [0.15, 0.2) is 12.1 Å². The lowest BCUT2D eigenvalue weighted by molar-refractivity contribution is -0.255. The first kappa shape index (κ1) is 8.93. The maximum absolute atomic E-state index is 12.7. The second-order valence-electron chi connectivity index (χ2n) is 2.01. The summed E-state index contributed by atoms with van der Waals surface area (Å²) in [6.45, 7) is 0. The van der Waals surface area contributed by atoms with E-state index in [1.54, 1.807) is 0 Å². The number of rotatable bonds is 1. The van der Waals surface area contributed by atoms with E-state index in [1.165, 1.54) is 0 Å². The molecule has 0 unspecified atom stereocenters. The van der Waals surface area contributed by atoms with Crippen molar-refractivity contribution in [1.82, 2.24) is 0 Å². The first-order valence-electron chi connectivity index (χ1n) is 2.89. The fraction of sp³-hybridized carbons (Fsp3) is 0. The maximum Gasteiger partial charge on any atom is 0.153 e. The number of carboxylic acids is 1. The Morgan fingerprint density at radius 2 is 2.00 bits per heavy atom. The monoisotopic (exact) mass is 191 g/mol. The summed E-state index contributed by atoms with van der Waals surface area (Å²) in [5.74, 6) is -4.43. The van der Waals surface area contributed by atoms with Crippen LogP contribution in [0.3, 0.4) is 0 Å². The number of carboxylic acid groups (broad SMARTS) is 1. The molecule has 64 valence electrons.